The fourth-order valence-corrected chi connectivity index (χ4v) is 7.32. The second-order valence-corrected chi connectivity index (χ2v) is 10.1. The van der Waals surface area contributed by atoms with Crippen LogP contribution in [0.2, 0.25) is 0 Å². The molecule has 2 N–H and O–H groups in total. The lowest BCUT2D eigenvalue weighted by Gasteiger charge is -2.59. The average Bonchev–Trinajstić information content (AvgIpc) is 2.63. The highest BCUT2D eigenvalue weighted by Crippen LogP contribution is 2.49. The molecule has 3 nitrogen and oxygen atoms in total. The summed E-state index contributed by atoms with van der Waals surface area (Å²) in [6.07, 6.45) is 12.8. The van der Waals surface area contributed by atoms with Crippen LogP contribution in [0.15, 0.2) is 0 Å². The van der Waals surface area contributed by atoms with Crippen LogP contribution in [0.3, 0.4) is 0 Å². The Morgan fingerprint density at radius 2 is 1.69 bits per heavy atom. The van der Waals surface area contributed by atoms with E-state index < -0.39 is 0 Å². The predicted octanol–water partition coefficient (Wildman–Crippen LogP) is 3.91. The Morgan fingerprint density at radius 1 is 0.923 bits per heavy atom. The maximum atomic E-state index is 10.0. The van der Waals surface area contributed by atoms with Gasteiger partial charge in [-0.05, 0) is 93.5 Å². The van der Waals surface area contributed by atoms with Crippen LogP contribution >= 0.6 is 0 Å². The summed E-state index contributed by atoms with van der Waals surface area (Å²) in [6, 6.07) is 1.15. The highest BCUT2D eigenvalue weighted by Gasteiger charge is 2.51. The second-order valence-electron chi connectivity index (χ2n) is 10.1. The Morgan fingerprint density at radius 3 is 2.46 bits per heavy atom. The zero-order valence-electron chi connectivity index (χ0n) is 17.2. The van der Waals surface area contributed by atoms with Crippen LogP contribution in [-0.4, -0.2) is 48.3 Å². The monoisotopic (exact) mass is 362 g/mol. The largest absolute Gasteiger partial charge is 0.395 e. The first-order chi connectivity index (χ1) is 12.7. The number of rotatable bonds is 3. The van der Waals surface area contributed by atoms with Crippen molar-refractivity contribution in [2.45, 2.75) is 83.7 Å². The minimum atomic E-state index is 0.373. The molecule has 2 aliphatic heterocycles. The SMILES string of the molecule is CC1CCCC(C2CCC([C@@H]3C(CO)N4CCCCNCC34)CC2)C1C. The molecule has 3 heteroatoms. The molecule has 6 atom stereocenters. The van der Waals surface area contributed by atoms with Crippen molar-refractivity contribution in [3.05, 3.63) is 0 Å². The van der Waals surface area contributed by atoms with E-state index in [1.54, 1.807) is 0 Å². The van der Waals surface area contributed by atoms with Gasteiger partial charge in [0.05, 0.1) is 6.61 Å². The number of hydrogen-bond acceptors (Lipinski definition) is 3. The summed E-state index contributed by atoms with van der Waals surface area (Å²) in [6.45, 7) is 8.94. The number of fused-ring (bicyclic) bond motifs is 1. The molecule has 2 saturated heterocycles. The van der Waals surface area contributed by atoms with Crippen LogP contribution in [0.1, 0.15) is 71.6 Å². The minimum absolute atomic E-state index is 0.373. The molecular weight excluding hydrogens is 320 g/mol. The van der Waals surface area contributed by atoms with Crippen molar-refractivity contribution < 1.29 is 5.11 Å². The van der Waals surface area contributed by atoms with Gasteiger partial charge in [-0.2, -0.15) is 0 Å². The summed E-state index contributed by atoms with van der Waals surface area (Å²) < 4.78 is 0. The lowest BCUT2D eigenvalue weighted by atomic mass is 9.60. The fraction of sp³-hybridized carbons (Fsp3) is 1.00. The highest BCUT2D eigenvalue weighted by molar-refractivity contribution is 5.05. The van der Waals surface area contributed by atoms with Crippen molar-refractivity contribution in [2.24, 2.45) is 35.5 Å². The van der Waals surface area contributed by atoms with Gasteiger partial charge in [0, 0.05) is 18.6 Å². The molecule has 2 saturated carbocycles. The summed E-state index contributed by atoms with van der Waals surface area (Å²) >= 11 is 0. The average molecular weight is 363 g/mol. The highest BCUT2D eigenvalue weighted by atomic mass is 16.3. The zero-order valence-corrected chi connectivity index (χ0v) is 17.2. The molecule has 0 aromatic carbocycles. The molecule has 0 bridgehead atoms. The van der Waals surface area contributed by atoms with Gasteiger partial charge in [-0.25, -0.2) is 0 Å². The van der Waals surface area contributed by atoms with Gasteiger partial charge in [0.2, 0.25) is 0 Å². The molecule has 2 heterocycles. The first kappa shape index (κ1) is 19.2. The molecule has 0 amide bonds. The molecule has 4 fully saturated rings. The Labute approximate surface area is 161 Å². The molecule has 4 aliphatic rings. The third-order valence-corrected chi connectivity index (χ3v) is 9.04. The Balaban J connectivity index is 1.35. The van der Waals surface area contributed by atoms with Crippen molar-refractivity contribution in [1.82, 2.24) is 10.2 Å². The molecule has 0 spiro atoms. The van der Waals surface area contributed by atoms with E-state index in [1.807, 2.05) is 0 Å². The van der Waals surface area contributed by atoms with Crippen LogP contribution in [-0.2, 0) is 0 Å². The van der Waals surface area contributed by atoms with Crippen molar-refractivity contribution in [1.29, 1.82) is 0 Å². The smallest absolute Gasteiger partial charge is 0.0590 e. The summed E-state index contributed by atoms with van der Waals surface area (Å²) in [7, 11) is 0. The third-order valence-electron chi connectivity index (χ3n) is 9.04. The van der Waals surface area contributed by atoms with Gasteiger partial charge in [0.15, 0.2) is 0 Å². The maximum Gasteiger partial charge on any atom is 0.0590 e. The van der Waals surface area contributed by atoms with E-state index in [1.165, 1.54) is 70.9 Å². The lowest BCUT2D eigenvalue weighted by Crippen LogP contribution is -2.70. The van der Waals surface area contributed by atoms with Gasteiger partial charge >= 0.3 is 0 Å². The van der Waals surface area contributed by atoms with E-state index >= 15 is 0 Å². The van der Waals surface area contributed by atoms with E-state index in [-0.39, 0.29) is 0 Å². The van der Waals surface area contributed by atoms with Crippen LogP contribution in [0.5, 0.6) is 0 Å². The molecule has 0 radical (unpaired) electrons. The third kappa shape index (κ3) is 3.61. The van der Waals surface area contributed by atoms with Gasteiger partial charge < -0.3 is 10.4 Å². The zero-order chi connectivity index (χ0) is 18.1. The Kier molecular flexibility index (Phi) is 6.27. The molecule has 5 unspecified atom stereocenters. The summed E-state index contributed by atoms with van der Waals surface area (Å²) in [5, 5.41) is 13.7. The molecule has 150 valence electrons. The summed E-state index contributed by atoms with van der Waals surface area (Å²) in [4.78, 5) is 2.63. The van der Waals surface area contributed by atoms with Gasteiger partial charge in [0.1, 0.15) is 0 Å². The van der Waals surface area contributed by atoms with Crippen LogP contribution in [0, 0.1) is 35.5 Å². The van der Waals surface area contributed by atoms with Crippen molar-refractivity contribution in [2.75, 3.05) is 26.2 Å². The van der Waals surface area contributed by atoms with Crippen LogP contribution < -0.4 is 5.32 Å². The molecule has 0 aromatic heterocycles. The molecule has 0 aromatic rings. The normalized spacial score (nSPS) is 48.1. The molecule has 2 aliphatic carbocycles. The topological polar surface area (TPSA) is 35.5 Å². The molecule has 26 heavy (non-hydrogen) atoms. The first-order valence-corrected chi connectivity index (χ1v) is 11.8. The maximum absolute atomic E-state index is 10.0. The summed E-state index contributed by atoms with van der Waals surface area (Å²) in [5.41, 5.74) is 0. The second kappa shape index (κ2) is 8.49. The number of hydrogen-bond donors (Lipinski definition) is 2. The fourth-order valence-electron chi connectivity index (χ4n) is 7.32. The van der Waals surface area contributed by atoms with Crippen molar-refractivity contribution in [3.63, 3.8) is 0 Å². The summed E-state index contributed by atoms with van der Waals surface area (Å²) in [5.74, 6) is 5.46. The van der Waals surface area contributed by atoms with Gasteiger partial charge in [-0.1, -0.05) is 26.7 Å². The van der Waals surface area contributed by atoms with Gasteiger partial charge in [-0.15, -0.1) is 0 Å². The van der Waals surface area contributed by atoms with Crippen molar-refractivity contribution >= 4 is 0 Å². The molecule has 4 rings (SSSR count). The number of nitrogens with zero attached hydrogens (tertiary/aromatic N) is 1. The van der Waals surface area contributed by atoms with E-state index in [4.69, 9.17) is 0 Å². The Bertz CT molecular complexity index is 447. The minimum Gasteiger partial charge on any atom is -0.395 e. The van der Waals surface area contributed by atoms with Gasteiger partial charge in [0.25, 0.3) is 0 Å². The van der Waals surface area contributed by atoms with E-state index in [0.29, 0.717) is 18.7 Å². The quantitative estimate of drug-likeness (QED) is 0.799. The molecular formula is C23H42N2O. The number of aliphatic hydroxyl groups is 1. The van der Waals surface area contributed by atoms with E-state index in [9.17, 15) is 5.11 Å². The number of aliphatic hydroxyl groups excluding tert-OH is 1. The Hall–Kier alpha value is -0.120. The van der Waals surface area contributed by atoms with Gasteiger partial charge in [-0.3, -0.25) is 4.90 Å². The first-order valence-electron chi connectivity index (χ1n) is 11.8. The standard InChI is InChI=1S/C23H42N2O/c1-16-6-5-7-20(17(16)2)18-8-10-19(11-9-18)23-21-14-24-12-3-4-13-25(21)22(23)15-26/h16-24,26H,3-15H2,1-2H3/t16?,17?,18?,19?,20?,21?,22?,23-/m0/s1. The van der Waals surface area contributed by atoms with Crippen LogP contribution in [0.4, 0.5) is 0 Å². The van der Waals surface area contributed by atoms with Crippen molar-refractivity contribution in [3.8, 4) is 0 Å². The van der Waals surface area contributed by atoms with Crippen LogP contribution in [0.25, 0.3) is 0 Å². The lowest BCUT2D eigenvalue weighted by molar-refractivity contribution is -0.117. The van der Waals surface area contributed by atoms with E-state index in [0.717, 1.165) is 42.1 Å². The number of nitrogens with one attached hydrogen (secondary N) is 1. The predicted molar refractivity (Wildman–Crippen MR) is 108 cm³/mol. The van der Waals surface area contributed by atoms with E-state index in [2.05, 4.69) is 24.1 Å².